The molecule has 0 spiro atoms. The molecular formula is C13H11BrN2O4. The van der Waals surface area contributed by atoms with E-state index in [-0.39, 0.29) is 6.54 Å². The third kappa shape index (κ3) is 2.49. The summed E-state index contributed by atoms with van der Waals surface area (Å²) in [6.07, 6.45) is 0. The molecule has 1 heterocycles. The van der Waals surface area contributed by atoms with Gasteiger partial charge in [0.2, 0.25) is 0 Å². The number of carbonyl (C=O) groups excluding carboxylic acids is 4. The lowest BCUT2D eigenvalue weighted by Crippen LogP contribution is -2.36. The van der Waals surface area contributed by atoms with Crippen LogP contribution in [0.15, 0.2) is 28.7 Å². The molecule has 0 saturated carbocycles. The summed E-state index contributed by atoms with van der Waals surface area (Å²) in [4.78, 5) is 48.6. The maximum absolute atomic E-state index is 12.0. The number of likely N-dealkylation sites (N-methyl/N-ethyl adjacent to an activating group) is 1. The lowest BCUT2D eigenvalue weighted by atomic mass is 10.1. The molecule has 2 rings (SSSR count). The average molecular weight is 339 g/mol. The molecule has 1 aromatic rings. The largest absolute Gasteiger partial charge is 0.334 e. The highest BCUT2D eigenvalue weighted by molar-refractivity contribution is 9.10. The molecule has 0 aliphatic carbocycles. The zero-order valence-corrected chi connectivity index (χ0v) is 12.2. The lowest BCUT2D eigenvalue weighted by Gasteiger charge is -2.13. The number of halogens is 1. The van der Waals surface area contributed by atoms with E-state index < -0.39 is 30.2 Å². The van der Waals surface area contributed by atoms with Crippen LogP contribution < -0.4 is 0 Å². The SMILES string of the molecule is CCN1C(=O)C(=O)N(CC(=O)c2cccc(Br)c2)C1=O. The Labute approximate surface area is 123 Å². The fourth-order valence-electron chi connectivity index (χ4n) is 1.87. The first kappa shape index (κ1) is 14.4. The minimum absolute atomic E-state index is 0.102. The van der Waals surface area contributed by atoms with Crippen molar-refractivity contribution >= 4 is 39.6 Å². The number of rotatable bonds is 4. The fraction of sp³-hybridized carbons (Fsp3) is 0.231. The van der Waals surface area contributed by atoms with E-state index in [0.29, 0.717) is 14.9 Å². The minimum Gasteiger partial charge on any atom is -0.292 e. The molecule has 4 amide bonds. The van der Waals surface area contributed by atoms with Gasteiger partial charge in [-0.2, -0.15) is 0 Å². The molecule has 0 aromatic heterocycles. The lowest BCUT2D eigenvalue weighted by molar-refractivity contribution is -0.143. The number of ketones is 1. The monoisotopic (exact) mass is 338 g/mol. The molecule has 0 bridgehead atoms. The second kappa shape index (κ2) is 5.54. The van der Waals surface area contributed by atoms with E-state index in [4.69, 9.17) is 0 Å². The van der Waals surface area contributed by atoms with Gasteiger partial charge in [0.15, 0.2) is 5.78 Å². The zero-order chi connectivity index (χ0) is 14.9. The van der Waals surface area contributed by atoms with Crippen LogP contribution in [0.5, 0.6) is 0 Å². The highest BCUT2D eigenvalue weighted by atomic mass is 79.9. The van der Waals surface area contributed by atoms with E-state index in [1.807, 2.05) is 0 Å². The third-order valence-electron chi connectivity index (χ3n) is 2.90. The van der Waals surface area contributed by atoms with Crippen LogP contribution in [0, 0.1) is 0 Å². The van der Waals surface area contributed by atoms with Crippen LogP contribution in [0.2, 0.25) is 0 Å². The number of urea groups is 1. The summed E-state index contributed by atoms with van der Waals surface area (Å²) >= 11 is 3.24. The van der Waals surface area contributed by atoms with E-state index in [1.165, 1.54) is 0 Å². The van der Waals surface area contributed by atoms with Crippen LogP contribution in [-0.4, -0.2) is 46.5 Å². The third-order valence-corrected chi connectivity index (χ3v) is 3.39. The molecule has 1 fully saturated rings. The number of carbonyl (C=O) groups is 4. The smallest absolute Gasteiger partial charge is 0.292 e. The first-order chi connectivity index (χ1) is 9.45. The van der Waals surface area contributed by atoms with E-state index in [1.54, 1.807) is 31.2 Å². The van der Waals surface area contributed by atoms with Gasteiger partial charge in [0.1, 0.15) is 0 Å². The molecule has 1 aliphatic rings. The van der Waals surface area contributed by atoms with Crippen molar-refractivity contribution in [3.05, 3.63) is 34.3 Å². The maximum Gasteiger partial charge on any atom is 0.334 e. The van der Waals surface area contributed by atoms with E-state index in [2.05, 4.69) is 15.9 Å². The van der Waals surface area contributed by atoms with Crippen molar-refractivity contribution in [2.45, 2.75) is 6.92 Å². The van der Waals surface area contributed by atoms with Crippen LogP contribution in [0.25, 0.3) is 0 Å². The predicted octanol–water partition coefficient (Wildman–Crippen LogP) is 1.44. The Balaban J connectivity index is 2.18. The van der Waals surface area contributed by atoms with Gasteiger partial charge in [-0.15, -0.1) is 0 Å². The van der Waals surface area contributed by atoms with Gasteiger partial charge in [-0.3, -0.25) is 19.3 Å². The number of amides is 4. The molecule has 20 heavy (non-hydrogen) atoms. The molecule has 7 heteroatoms. The molecule has 104 valence electrons. The average Bonchev–Trinajstić information content (AvgIpc) is 2.62. The van der Waals surface area contributed by atoms with Crippen LogP contribution >= 0.6 is 15.9 Å². The maximum atomic E-state index is 12.0. The van der Waals surface area contributed by atoms with E-state index in [9.17, 15) is 19.2 Å². The molecule has 6 nitrogen and oxygen atoms in total. The van der Waals surface area contributed by atoms with Crippen molar-refractivity contribution in [1.82, 2.24) is 9.80 Å². The summed E-state index contributed by atoms with van der Waals surface area (Å²) < 4.78 is 0.716. The highest BCUT2D eigenvalue weighted by Crippen LogP contribution is 2.15. The van der Waals surface area contributed by atoms with Crippen molar-refractivity contribution < 1.29 is 19.2 Å². The zero-order valence-electron chi connectivity index (χ0n) is 10.6. The Morgan fingerprint density at radius 1 is 1.15 bits per heavy atom. The van der Waals surface area contributed by atoms with Crippen LogP contribution in [0.1, 0.15) is 17.3 Å². The number of hydrogen-bond acceptors (Lipinski definition) is 4. The molecule has 0 N–H and O–H groups in total. The van der Waals surface area contributed by atoms with E-state index in [0.717, 1.165) is 4.90 Å². The van der Waals surface area contributed by atoms with Gasteiger partial charge in [0, 0.05) is 16.6 Å². The number of benzene rings is 1. The fourth-order valence-corrected chi connectivity index (χ4v) is 2.26. The number of nitrogens with zero attached hydrogens (tertiary/aromatic N) is 2. The summed E-state index contributed by atoms with van der Waals surface area (Å²) in [7, 11) is 0. The van der Waals surface area contributed by atoms with Gasteiger partial charge in [-0.05, 0) is 19.1 Å². The summed E-state index contributed by atoms with van der Waals surface area (Å²) in [5.41, 5.74) is 0.363. The van der Waals surface area contributed by atoms with Gasteiger partial charge in [0.05, 0.1) is 6.54 Å². The minimum atomic E-state index is -0.958. The summed E-state index contributed by atoms with van der Waals surface area (Å²) in [6.45, 7) is 1.25. The quantitative estimate of drug-likeness (QED) is 0.473. The van der Waals surface area contributed by atoms with Crippen LogP contribution in [0.4, 0.5) is 4.79 Å². The van der Waals surface area contributed by atoms with Crippen LogP contribution in [0.3, 0.4) is 0 Å². The molecule has 0 unspecified atom stereocenters. The molecule has 0 radical (unpaired) electrons. The first-order valence-electron chi connectivity index (χ1n) is 5.91. The topological polar surface area (TPSA) is 74.8 Å². The van der Waals surface area contributed by atoms with Crippen molar-refractivity contribution in [2.75, 3.05) is 13.1 Å². The Morgan fingerprint density at radius 3 is 2.35 bits per heavy atom. The molecule has 1 aromatic carbocycles. The molecule has 0 atom stereocenters. The number of imide groups is 2. The highest BCUT2D eigenvalue weighted by Gasteiger charge is 2.44. The summed E-state index contributed by atoms with van der Waals surface area (Å²) in [6, 6.07) is 5.86. The van der Waals surface area contributed by atoms with Crippen LogP contribution in [-0.2, 0) is 9.59 Å². The van der Waals surface area contributed by atoms with Crippen molar-refractivity contribution in [3.63, 3.8) is 0 Å². The Kier molecular flexibility index (Phi) is 3.99. The first-order valence-corrected chi connectivity index (χ1v) is 6.71. The van der Waals surface area contributed by atoms with Crippen molar-refractivity contribution in [1.29, 1.82) is 0 Å². The molecule has 1 saturated heterocycles. The Bertz CT molecular complexity index is 614. The standard InChI is InChI=1S/C13H11BrN2O4/c1-2-15-11(18)12(19)16(13(15)20)7-10(17)8-4-3-5-9(14)6-8/h3-6H,2,7H2,1H3. The summed E-state index contributed by atoms with van der Waals surface area (Å²) in [5, 5.41) is 0. The Morgan fingerprint density at radius 2 is 1.80 bits per heavy atom. The normalized spacial score (nSPS) is 15.2. The predicted molar refractivity (Wildman–Crippen MR) is 73.0 cm³/mol. The van der Waals surface area contributed by atoms with Gasteiger partial charge in [-0.1, -0.05) is 28.1 Å². The van der Waals surface area contributed by atoms with Gasteiger partial charge >= 0.3 is 17.8 Å². The van der Waals surface area contributed by atoms with Crippen molar-refractivity contribution in [3.8, 4) is 0 Å². The van der Waals surface area contributed by atoms with Gasteiger partial charge in [0.25, 0.3) is 0 Å². The number of hydrogen-bond donors (Lipinski definition) is 0. The van der Waals surface area contributed by atoms with E-state index >= 15 is 0 Å². The van der Waals surface area contributed by atoms with Gasteiger partial charge < -0.3 is 0 Å². The second-order valence-corrected chi connectivity index (χ2v) is 5.07. The number of Topliss-reactive ketones (excluding diaryl/α,β-unsaturated/α-hetero) is 1. The molecule has 1 aliphatic heterocycles. The Hall–Kier alpha value is -2.02. The van der Waals surface area contributed by atoms with Gasteiger partial charge in [-0.25, -0.2) is 9.69 Å². The molecular weight excluding hydrogens is 328 g/mol. The van der Waals surface area contributed by atoms with Crippen molar-refractivity contribution in [2.24, 2.45) is 0 Å². The summed E-state index contributed by atoms with van der Waals surface area (Å²) in [5.74, 6) is -2.25. The second-order valence-electron chi connectivity index (χ2n) is 4.16.